The molecule has 0 radical (unpaired) electrons. The van der Waals surface area contributed by atoms with Gasteiger partial charge >= 0.3 is 0 Å². The van der Waals surface area contributed by atoms with Crippen LogP contribution < -0.4 is 5.73 Å². The fraction of sp³-hybridized carbons (Fsp3) is 0.636. The number of morpholine rings is 1. The first-order chi connectivity index (χ1) is 7.31. The third-order valence-electron chi connectivity index (χ3n) is 2.81. The predicted octanol–water partition coefficient (Wildman–Crippen LogP) is 1.47. The van der Waals surface area contributed by atoms with Gasteiger partial charge in [-0.3, -0.25) is 4.90 Å². The molecule has 84 valence electrons. The molecule has 1 fully saturated rings. The highest BCUT2D eigenvalue weighted by Crippen LogP contribution is 2.25. The summed E-state index contributed by atoms with van der Waals surface area (Å²) in [5, 5.41) is 2.11. The Morgan fingerprint density at radius 2 is 2.60 bits per heavy atom. The molecule has 0 aromatic carbocycles. The van der Waals surface area contributed by atoms with Crippen molar-refractivity contribution >= 4 is 11.3 Å². The highest BCUT2D eigenvalue weighted by atomic mass is 32.1. The second-order valence-electron chi connectivity index (χ2n) is 3.94. The SMILES string of the molecule is C[C@@H]1CN([C@@H](CN)c2cccs2)CCO1. The molecule has 0 bridgehead atoms. The predicted molar refractivity (Wildman–Crippen MR) is 63.1 cm³/mol. The number of hydrogen-bond acceptors (Lipinski definition) is 4. The van der Waals surface area contributed by atoms with E-state index in [1.165, 1.54) is 4.88 Å². The van der Waals surface area contributed by atoms with Gasteiger partial charge in [-0.2, -0.15) is 0 Å². The Bertz CT molecular complexity index is 289. The fourth-order valence-electron chi connectivity index (χ4n) is 2.05. The Balaban J connectivity index is 2.06. The molecule has 1 aliphatic rings. The highest BCUT2D eigenvalue weighted by molar-refractivity contribution is 7.10. The second kappa shape index (κ2) is 5.07. The summed E-state index contributed by atoms with van der Waals surface area (Å²) in [5.41, 5.74) is 5.86. The van der Waals surface area contributed by atoms with Crippen molar-refractivity contribution in [3.63, 3.8) is 0 Å². The van der Waals surface area contributed by atoms with E-state index in [-0.39, 0.29) is 0 Å². The molecule has 1 saturated heterocycles. The van der Waals surface area contributed by atoms with Crippen LogP contribution in [0, 0.1) is 0 Å². The van der Waals surface area contributed by atoms with Gasteiger partial charge in [-0.15, -0.1) is 11.3 Å². The molecule has 0 spiro atoms. The van der Waals surface area contributed by atoms with Gasteiger partial charge in [-0.25, -0.2) is 0 Å². The summed E-state index contributed by atoms with van der Waals surface area (Å²) in [6.45, 7) is 5.61. The molecule has 0 unspecified atom stereocenters. The van der Waals surface area contributed by atoms with Gasteiger partial charge < -0.3 is 10.5 Å². The van der Waals surface area contributed by atoms with Gasteiger partial charge in [0.1, 0.15) is 0 Å². The summed E-state index contributed by atoms with van der Waals surface area (Å²) in [6, 6.07) is 4.63. The van der Waals surface area contributed by atoms with Crippen LogP contribution in [-0.4, -0.2) is 37.2 Å². The van der Waals surface area contributed by atoms with Crippen molar-refractivity contribution in [3.8, 4) is 0 Å². The van der Waals surface area contributed by atoms with E-state index in [1.807, 2.05) is 0 Å². The Morgan fingerprint density at radius 1 is 1.73 bits per heavy atom. The lowest BCUT2D eigenvalue weighted by atomic mass is 10.1. The lowest BCUT2D eigenvalue weighted by Crippen LogP contribution is -2.44. The molecule has 0 saturated carbocycles. The van der Waals surface area contributed by atoms with E-state index in [0.29, 0.717) is 18.7 Å². The largest absolute Gasteiger partial charge is 0.376 e. The molecular weight excluding hydrogens is 208 g/mol. The van der Waals surface area contributed by atoms with Crippen LogP contribution in [0.15, 0.2) is 17.5 Å². The molecule has 4 heteroatoms. The van der Waals surface area contributed by atoms with Crippen molar-refractivity contribution < 1.29 is 4.74 Å². The van der Waals surface area contributed by atoms with Crippen molar-refractivity contribution in [3.05, 3.63) is 22.4 Å². The van der Waals surface area contributed by atoms with Gasteiger partial charge in [0, 0.05) is 24.5 Å². The van der Waals surface area contributed by atoms with Crippen LogP contribution in [0.5, 0.6) is 0 Å². The average Bonchev–Trinajstić information content (AvgIpc) is 2.72. The van der Waals surface area contributed by atoms with E-state index in [9.17, 15) is 0 Å². The van der Waals surface area contributed by atoms with Crippen LogP contribution in [0.4, 0.5) is 0 Å². The molecule has 0 aliphatic carbocycles. The minimum Gasteiger partial charge on any atom is -0.376 e. The van der Waals surface area contributed by atoms with Crippen molar-refractivity contribution in [2.24, 2.45) is 5.73 Å². The summed E-state index contributed by atoms with van der Waals surface area (Å²) in [7, 11) is 0. The van der Waals surface area contributed by atoms with Crippen molar-refractivity contribution in [2.45, 2.75) is 19.1 Å². The van der Waals surface area contributed by atoms with E-state index < -0.39 is 0 Å². The molecule has 2 rings (SSSR count). The summed E-state index contributed by atoms with van der Waals surface area (Å²) in [5.74, 6) is 0. The van der Waals surface area contributed by atoms with E-state index in [4.69, 9.17) is 10.5 Å². The first-order valence-corrected chi connectivity index (χ1v) is 6.28. The lowest BCUT2D eigenvalue weighted by molar-refractivity contribution is -0.0328. The first-order valence-electron chi connectivity index (χ1n) is 5.40. The van der Waals surface area contributed by atoms with Crippen molar-refractivity contribution in [1.82, 2.24) is 4.90 Å². The van der Waals surface area contributed by atoms with Gasteiger partial charge in [0.25, 0.3) is 0 Å². The van der Waals surface area contributed by atoms with Crippen LogP contribution in [0.3, 0.4) is 0 Å². The first kappa shape index (κ1) is 11.1. The maximum atomic E-state index is 5.86. The third-order valence-corrected chi connectivity index (χ3v) is 3.78. The Kier molecular flexibility index (Phi) is 3.75. The molecular formula is C11H18N2OS. The molecule has 15 heavy (non-hydrogen) atoms. The number of thiophene rings is 1. The summed E-state index contributed by atoms with van der Waals surface area (Å²) < 4.78 is 5.54. The van der Waals surface area contributed by atoms with Gasteiger partial charge in [-0.1, -0.05) is 6.07 Å². The monoisotopic (exact) mass is 226 g/mol. The van der Waals surface area contributed by atoms with Crippen LogP contribution in [0.1, 0.15) is 17.8 Å². The Labute approximate surface area is 94.8 Å². The second-order valence-corrected chi connectivity index (χ2v) is 4.92. The number of ether oxygens (including phenoxy) is 1. The maximum Gasteiger partial charge on any atom is 0.0674 e. The van der Waals surface area contributed by atoms with Gasteiger partial charge in [0.05, 0.1) is 18.8 Å². The van der Waals surface area contributed by atoms with E-state index >= 15 is 0 Å². The number of nitrogens with two attached hydrogens (primary N) is 1. The quantitative estimate of drug-likeness (QED) is 0.848. The van der Waals surface area contributed by atoms with Gasteiger partial charge in [-0.05, 0) is 18.4 Å². The number of rotatable bonds is 3. The van der Waals surface area contributed by atoms with Gasteiger partial charge in [0.15, 0.2) is 0 Å². The van der Waals surface area contributed by atoms with Crippen LogP contribution >= 0.6 is 11.3 Å². The third kappa shape index (κ3) is 2.58. The topological polar surface area (TPSA) is 38.5 Å². The molecule has 1 aromatic heterocycles. The molecule has 0 amide bonds. The van der Waals surface area contributed by atoms with Crippen LogP contribution in [-0.2, 0) is 4.74 Å². The zero-order valence-electron chi connectivity index (χ0n) is 9.06. The minimum atomic E-state index is 0.327. The van der Waals surface area contributed by atoms with Crippen molar-refractivity contribution in [2.75, 3.05) is 26.2 Å². The van der Waals surface area contributed by atoms with E-state index in [2.05, 4.69) is 29.3 Å². The summed E-state index contributed by atoms with van der Waals surface area (Å²) in [4.78, 5) is 3.80. The average molecular weight is 226 g/mol. The molecule has 3 nitrogen and oxygen atoms in total. The minimum absolute atomic E-state index is 0.327. The Hall–Kier alpha value is -0.420. The van der Waals surface area contributed by atoms with Crippen LogP contribution in [0.25, 0.3) is 0 Å². The molecule has 1 aromatic rings. The smallest absolute Gasteiger partial charge is 0.0674 e. The fourth-order valence-corrected chi connectivity index (χ4v) is 2.93. The molecule has 2 N–H and O–H groups in total. The summed E-state index contributed by atoms with van der Waals surface area (Å²) in [6.07, 6.45) is 0.327. The van der Waals surface area contributed by atoms with E-state index in [1.54, 1.807) is 11.3 Å². The number of nitrogens with zero attached hydrogens (tertiary/aromatic N) is 1. The zero-order chi connectivity index (χ0) is 10.7. The zero-order valence-corrected chi connectivity index (χ0v) is 9.87. The lowest BCUT2D eigenvalue weighted by Gasteiger charge is -2.36. The number of hydrogen-bond donors (Lipinski definition) is 1. The molecule has 1 aliphatic heterocycles. The highest BCUT2D eigenvalue weighted by Gasteiger charge is 2.24. The van der Waals surface area contributed by atoms with Gasteiger partial charge in [0.2, 0.25) is 0 Å². The molecule has 2 atom stereocenters. The normalized spacial score (nSPS) is 25.3. The molecule has 2 heterocycles. The summed E-state index contributed by atoms with van der Waals surface area (Å²) >= 11 is 1.79. The standard InChI is InChI=1S/C11H18N2OS/c1-9-8-13(4-5-14-9)10(7-12)11-3-2-6-15-11/h2-3,6,9-10H,4-5,7-8,12H2,1H3/t9-,10+/m1/s1. The van der Waals surface area contributed by atoms with Crippen molar-refractivity contribution in [1.29, 1.82) is 0 Å². The van der Waals surface area contributed by atoms with Crippen LogP contribution in [0.2, 0.25) is 0 Å². The van der Waals surface area contributed by atoms with E-state index in [0.717, 1.165) is 19.7 Å². The Morgan fingerprint density at radius 3 is 3.20 bits per heavy atom. The maximum absolute atomic E-state index is 5.86.